The molecule has 0 rings (SSSR count). The summed E-state index contributed by atoms with van der Waals surface area (Å²) >= 11 is 0. The Bertz CT molecular complexity index is 176. The van der Waals surface area contributed by atoms with Crippen molar-refractivity contribution in [3.8, 4) is 0 Å². The second-order valence-electron chi connectivity index (χ2n) is 2.20. The van der Waals surface area contributed by atoms with E-state index in [1.807, 2.05) is 0 Å². The van der Waals surface area contributed by atoms with Crippen molar-refractivity contribution >= 4 is 51.4 Å². The van der Waals surface area contributed by atoms with E-state index in [2.05, 4.69) is 0 Å². The van der Waals surface area contributed by atoms with Gasteiger partial charge in [0.25, 0.3) is 0 Å². The van der Waals surface area contributed by atoms with Crippen LogP contribution >= 0.6 is 0 Å². The van der Waals surface area contributed by atoms with Crippen molar-refractivity contribution in [2.75, 3.05) is 0 Å². The van der Waals surface area contributed by atoms with Gasteiger partial charge in [0.1, 0.15) is 0 Å². The molecule has 0 saturated heterocycles. The van der Waals surface area contributed by atoms with Crippen molar-refractivity contribution in [1.29, 1.82) is 0 Å². The molecule has 0 saturated carbocycles. The minimum Gasteiger partial charge on any atom is -0.367 e. The number of alkyl halides is 9. The topological polar surface area (TPSA) is 20.2 Å². The molecule has 0 heterocycles. The van der Waals surface area contributed by atoms with Gasteiger partial charge in [0, 0.05) is 51.4 Å². The van der Waals surface area contributed by atoms with Crippen LogP contribution in [0.1, 0.15) is 0 Å². The molecule has 15 heavy (non-hydrogen) atoms. The maximum Gasteiger partial charge on any atom is 0.435 e. The minimum absolute atomic E-state index is 0. The van der Waals surface area contributed by atoms with Crippen molar-refractivity contribution in [2.45, 2.75) is 24.1 Å². The average molecular weight is 275 g/mol. The van der Waals surface area contributed by atoms with Gasteiger partial charge in [0.2, 0.25) is 0 Å². The van der Waals surface area contributed by atoms with Gasteiger partial charge in [-0.25, -0.2) is 0 Å². The first-order valence-electron chi connectivity index (χ1n) is 2.67. The van der Waals surface area contributed by atoms with Crippen LogP contribution in [0.4, 0.5) is 39.5 Å². The van der Waals surface area contributed by atoms with Gasteiger partial charge in [-0.15, -0.1) is 0 Å². The van der Waals surface area contributed by atoms with Crippen LogP contribution in [0.15, 0.2) is 0 Å². The van der Waals surface area contributed by atoms with Crippen LogP contribution in [-0.2, 0) is 0 Å². The Morgan fingerprint density at radius 3 is 0.667 bits per heavy atom. The largest absolute Gasteiger partial charge is 0.435 e. The first-order valence-corrected chi connectivity index (χ1v) is 2.67. The van der Waals surface area contributed by atoms with Crippen molar-refractivity contribution in [2.24, 2.45) is 0 Å². The Kier molecular flexibility index (Phi) is 5.72. The van der Waals surface area contributed by atoms with Gasteiger partial charge in [-0.05, 0) is 0 Å². The molecule has 0 atom stereocenters. The van der Waals surface area contributed by atoms with E-state index in [1.54, 1.807) is 0 Å². The van der Waals surface area contributed by atoms with E-state index in [0.717, 1.165) is 0 Å². The summed E-state index contributed by atoms with van der Waals surface area (Å²) in [4.78, 5) is 0. The molecule has 0 fully saturated rings. The normalized spacial score (nSPS) is 14.8. The third kappa shape index (κ3) is 3.22. The molecule has 1 N–H and O–H groups in total. The monoisotopic (exact) mass is 275 g/mol. The number of hydrogen-bond donors (Lipinski definition) is 1. The predicted octanol–water partition coefficient (Wildman–Crippen LogP) is 2.02. The van der Waals surface area contributed by atoms with Gasteiger partial charge >= 0.3 is 24.1 Å². The summed E-state index contributed by atoms with van der Waals surface area (Å²) in [5, 5.41) is 7.65. The van der Waals surface area contributed by atoms with E-state index in [9.17, 15) is 39.5 Å². The fourth-order valence-corrected chi connectivity index (χ4v) is 0.482. The van der Waals surface area contributed by atoms with Gasteiger partial charge in [0.05, 0.1) is 0 Å². The van der Waals surface area contributed by atoms with Gasteiger partial charge < -0.3 is 5.11 Å². The summed E-state index contributed by atoms with van der Waals surface area (Å²) in [5.41, 5.74) is -6.69. The second-order valence-corrected chi connectivity index (χ2v) is 2.20. The molecule has 0 aromatic heterocycles. The Labute approximate surface area is 119 Å². The zero-order chi connectivity index (χ0) is 12.0. The van der Waals surface area contributed by atoms with Gasteiger partial charge in [-0.3, -0.25) is 0 Å². The third-order valence-corrected chi connectivity index (χ3v) is 1.23. The molecule has 0 bridgehead atoms. The van der Waals surface area contributed by atoms with E-state index < -0.39 is 24.1 Å². The Hall–Kier alpha value is 0.966. The Balaban J connectivity index is 0. The Morgan fingerprint density at radius 1 is 0.533 bits per heavy atom. The molecule has 0 aliphatic rings. The minimum atomic E-state index is -6.87. The molecule has 1 radical (unpaired) electrons. The summed E-state index contributed by atoms with van der Waals surface area (Å²) in [6, 6.07) is 0. The van der Waals surface area contributed by atoms with Crippen LogP contribution in [0.2, 0.25) is 0 Å². The standard InChI is InChI=1S/C4HF9O.K/c5-2(6,7)1(14,3(8,9)10)4(11,12)13;/h14H;. The third-order valence-electron chi connectivity index (χ3n) is 1.23. The fraction of sp³-hybridized carbons (Fsp3) is 1.00. The molecule has 0 spiro atoms. The summed E-state index contributed by atoms with van der Waals surface area (Å²) < 4.78 is 103. The number of rotatable bonds is 0. The van der Waals surface area contributed by atoms with Crippen molar-refractivity contribution < 1.29 is 44.6 Å². The molecule has 0 unspecified atom stereocenters. The van der Waals surface area contributed by atoms with E-state index in [-0.39, 0.29) is 51.4 Å². The molecule has 1 nitrogen and oxygen atoms in total. The van der Waals surface area contributed by atoms with E-state index in [4.69, 9.17) is 5.11 Å². The van der Waals surface area contributed by atoms with Gasteiger partial charge in [0.15, 0.2) is 0 Å². The van der Waals surface area contributed by atoms with Gasteiger partial charge in [-0.2, -0.15) is 39.5 Å². The van der Waals surface area contributed by atoms with Crippen LogP contribution in [0, 0.1) is 0 Å². The maximum atomic E-state index is 11.4. The van der Waals surface area contributed by atoms with Crippen LogP contribution < -0.4 is 0 Å². The van der Waals surface area contributed by atoms with Crippen LogP contribution in [-0.4, -0.2) is 80.6 Å². The second kappa shape index (κ2) is 4.68. The summed E-state index contributed by atoms with van der Waals surface area (Å²) in [6.07, 6.45) is -20.6. The molecule has 0 amide bonds. The molecule has 0 aliphatic heterocycles. The van der Waals surface area contributed by atoms with E-state index in [1.165, 1.54) is 0 Å². The SMILES string of the molecule is OC(C(F)(F)F)(C(F)(F)F)C(F)(F)F.[K]. The molecular formula is C4HF9KO. The fourth-order valence-electron chi connectivity index (χ4n) is 0.482. The number of hydrogen-bond acceptors (Lipinski definition) is 1. The summed E-state index contributed by atoms with van der Waals surface area (Å²) in [6.45, 7) is 0. The Morgan fingerprint density at radius 2 is 0.667 bits per heavy atom. The van der Waals surface area contributed by atoms with Crippen molar-refractivity contribution in [1.82, 2.24) is 0 Å². The van der Waals surface area contributed by atoms with E-state index in [0.29, 0.717) is 0 Å². The summed E-state index contributed by atoms with van der Waals surface area (Å²) in [5.74, 6) is 0. The van der Waals surface area contributed by atoms with Crippen molar-refractivity contribution in [3.05, 3.63) is 0 Å². The predicted molar refractivity (Wildman–Crippen MR) is 28.9 cm³/mol. The zero-order valence-corrected chi connectivity index (χ0v) is 9.97. The molecule has 0 aromatic rings. The van der Waals surface area contributed by atoms with Crippen LogP contribution in [0.3, 0.4) is 0 Å². The molecular weight excluding hydrogens is 274 g/mol. The number of halogens is 9. The quantitative estimate of drug-likeness (QED) is 0.530. The average Bonchev–Trinajstić information content (AvgIpc) is 1.77. The zero-order valence-electron chi connectivity index (χ0n) is 6.85. The van der Waals surface area contributed by atoms with Crippen LogP contribution in [0.25, 0.3) is 0 Å². The molecule has 11 heteroatoms. The molecule has 0 aliphatic carbocycles. The molecule has 0 aromatic carbocycles. The molecule has 87 valence electrons. The smallest absolute Gasteiger partial charge is 0.367 e. The van der Waals surface area contributed by atoms with E-state index >= 15 is 0 Å². The maximum absolute atomic E-state index is 11.4. The summed E-state index contributed by atoms with van der Waals surface area (Å²) in [7, 11) is 0. The van der Waals surface area contributed by atoms with Crippen molar-refractivity contribution in [3.63, 3.8) is 0 Å². The number of aliphatic hydroxyl groups is 1. The van der Waals surface area contributed by atoms with Crippen LogP contribution in [0.5, 0.6) is 0 Å². The first-order chi connectivity index (χ1) is 5.75. The first kappa shape index (κ1) is 18.3. The van der Waals surface area contributed by atoms with Gasteiger partial charge in [-0.1, -0.05) is 0 Å².